The zero-order valence-electron chi connectivity index (χ0n) is 14.4. The van der Waals surface area contributed by atoms with Gasteiger partial charge in [0.1, 0.15) is 5.75 Å². The summed E-state index contributed by atoms with van der Waals surface area (Å²) in [4.78, 5) is 14.1. The van der Waals surface area contributed by atoms with Gasteiger partial charge in [-0.05, 0) is 44.9 Å². The number of carbonyl (C=O) groups is 1. The summed E-state index contributed by atoms with van der Waals surface area (Å²) in [5, 5.41) is 0. The van der Waals surface area contributed by atoms with Gasteiger partial charge >= 0.3 is 10.1 Å². The highest BCUT2D eigenvalue weighted by atomic mass is 32.2. The molecule has 0 fully saturated rings. The minimum atomic E-state index is -3.54. The van der Waals surface area contributed by atoms with Crippen LogP contribution in [-0.2, 0) is 21.5 Å². The highest BCUT2D eigenvalue weighted by Gasteiger charge is 2.17. The molecule has 0 radical (unpaired) electrons. The standard InChI is InChI=1S/C17H27NO4S/c1-5-7-11-17(19)18(14(3)4)13-15-9-8-10-16(12-15)22-23(20,21)6-2/h8-10,12,14H,5-7,11,13H2,1-4H3. The molecule has 1 aromatic carbocycles. The lowest BCUT2D eigenvalue weighted by Gasteiger charge is -2.27. The van der Waals surface area contributed by atoms with Crippen LogP contribution in [0.4, 0.5) is 0 Å². The first kappa shape index (κ1) is 19.5. The van der Waals surface area contributed by atoms with Gasteiger partial charge in [0.2, 0.25) is 5.91 Å². The van der Waals surface area contributed by atoms with E-state index in [-0.39, 0.29) is 23.5 Å². The third-order valence-electron chi connectivity index (χ3n) is 3.52. The van der Waals surface area contributed by atoms with Gasteiger partial charge in [-0.15, -0.1) is 0 Å². The molecule has 1 rings (SSSR count). The van der Waals surface area contributed by atoms with E-state index in [0.29, 0.717) is 13.0 Å². The van der Waals surface area contributed by atoms with Gasteiger partial charge in [0.05, 0.1) is 5.75 Å². The number of hydrogen-bond donors (Lipinski definition) is 0. The molecule has 0 aliphatic carbocycles. The van der Waals surface area contributed by atoms with Gasteiger partial charge in [-0.2, -0.15) is 8.42 Å². The van der Waals surface area contributed by atoms with E-state index in [0.717, 1.165) is 18.4 Å². The Bertz CT molecular complexity index is 611. The van der Waals surface area contributed by atoms with E-state index in [2.05, 4.69) is 6.92 Å². The van der Waals surface area contributed by atoms with Crippen LogP contribution >= 0.6 is 0 Å². The van der Waals surface area contributed by atoms with Crippen LogP contribution in [-0.4, -0.2) is 31.0 Å². The topological polar surface area (TPSA) is 63.7 Å². The minimum Gasteiger partial charge on any atom is -0.382 e. The Morgan fingerprint density at radius 3 is 2.52 bits per heavy atom. The van der Waals surface area contributed by atoms with E-state index in [1.165, 1.54) is 6.92 Å². The van der Waals surface area contributed by atoms with E-state index >= 15 is 0 Å². The smallest absolute Gasteiger partial charge is 0.308 e. The zero-order chi connectivity index (χ0) is 17.5. The number of nitrogens with zero attached hydrogens (tertiary/aromatic N) is 1. The second-order valence-electron chi connectivity index (χ2n) is 5.80. The average Bonchev–Trinajstić information content (AvgIpc) is 2.50. The molecule has 5 nitrogen and oxygen atoms in total. The van der Waals surface area contributed by atoms with Crippen LogP contribution in [0.5, 0.6) is 5.75 Å². The van der Waals surface area contributed by atoms with Gasteiger partial charge < -0.3 is 9.08 Å². The lowest BCUT2D eigenvalue weighted by Crippen LogP contribution is -2.36. The molecule has 130 valence electrons. The van der Waals surface area contributed by atoms with Crippen molar-refractivity contribution < 1.29 is 17.4 Å². The van der Waals surface area contributed by atoms with Gasteiger partial charge in [-0.1, -0.05) is 25.5 Å². The molecule has 23 heavy (non-hydrogen) atoms. The fourth-order valence-corrected chi connectivity index (χ4v) is 2.64. The maximum Gasteiger partial charge on any atom is 0.308 e. The summed E-state index contributed by atoms with van der Waals surface area (Å²) < 4.78 is 28.1. The Morgan fingerprint density at radius 2 is 1.96 bits per heavy atom. The lowest BCUT2D eigenvalue weighted by molar-refractivity contribution is -0.133. The maximum absolute atomic E-state index is 12.3. The molecule has 0 N–H and O–H groups in total. The number of carbonyl (C=O) groups excluding carboxylic acids is 1. The number of amides is 1. The number of hydrogen-bond acceptors (Lipinski definition) is 4. The fraction of sp³-hybridized carbons (Fsp3) is 0.588. The molecule has 1 aromatic rings. The van der Waals surface area contributed by atoms with E-state index in [4.69, 9.17) is 4.18 Å². The largest absolute Gasteiger partial charge is 0.382 e. The van der Waals surface area contributed by atoms with E-state index in [1.54, 1.807) is 18.2 Å². The quantitative estimate of drug-likeness (QED) is 0.646. The molecule has 0 unspecified atom stereocenters. The number of rotatable bonds is 9. The summed E-state index contributed by atoms with van der Waals surface area (Å²) in [6, 6.07) is 6.98. The van der Waals surface area contributed by atoms with Crippen molar-refractivity contribution in [3.8, 4) is 5.75 Å². The Labute approximate surface area is 139 Å². The zero-order valence-corrected chi connectivity index (χ0v) is 15.2. The molecule has 0 bridgehead atoms. The lowest BCUT2D eigenvalue weighted by atomic mass is 10.1. The Hall–Kier alpha value is -1.56. The van der Waals surface area contributed by atoms with Crippen LogP contribution in [0.25, 0.3) is 0 Å². The molecule has 0 saturated carbocycles. The van der Waals surface area contributed by atoms with Crippen molar-refractivity contribution in [1.82, 2.24) is 4.90 Å². The van der Waals surface area contributed by atoms with Crippen molar-refractivity contribution in [2.24, 2.45) is 0 Å². The summed E-state index contributed by atoms with van der Waals surface area (Å²) in [6.07, 6.45) is 2.39. The minimum absolute atomic E-state index is 0.0785. The van der Waals surface area contributed by atoms with Crippen molar-refractivity contribution in [3.05, 3.63) is 29.8 Å². The Morgan fingerprint density at radius 1 is 1.26 bits per heavy atom. The third-order valence-corrected chi connectivity index (χ3v) is 4.67. The predicted molar refractivity (Wildman–Crippen MR) is 91.7 cm³/mol. The molecule has 0 saturated heterocycles. The second kappa shape index (κ2) is 8.91. The molecule has 0 heterocycles. The maximum atomic E-state index is 12.3. The highest BCUT2D eigenvalue weighted by Crippen LogP contribution is 2.18. The van der Waals surface area contributed by atoms with Crippen LogP contribution in [0.2, 0.25) is 0 Å². The molecule has 0 atom stereocenters. The normalized spacial score (nSPS) is 11.5. The molecule has 1 amide bonds. The predicted octanol–water partition coefficient (Wildman–Crippen LogP) is 3.34. The van der Waals surface area contributed by atoms with Gasteiger partial charge in [0, 0.05) is 19.0 Å². The van der Waals surface area contributed by atoms with E-state index in [9.17, 15) is 13.2 Å². The van der Waals surface area contributed by atoms with Crippen LogP contribution in [0, 0.1) is 0 Å². The molecule has 0 aromatic heterocycles. The fourth-order valence-electron chi connectivity index (χ4n) is 2.13. The molecular formula is C17H27NO4S. The Kier molecular flexibility index (Phi) is 7.55. The van der Waals surface area contributed by atoms with Crippen molar-refractivity contribution in [3.63, 3.8) is 0 Å². The first-order valence-corrected chi connectivity index (χ1v) is 9.67. The summed E-state index contributed by atoms with van der Waals surface area (Å²) in [5.74, 6) is 0.327. The van der Waals surface area contributed by atoms with Crippen molar-refractivity contribution >= 4 is 16.0 Å². The summed E-state index contributed by atoms with van der Waals surface area (Å²) in [6.45, 7) is 8.00. The van der Waals surface area contributed by atoms with Crippen LogP contribution in [0.15, 0.2) is 24.3 Å². The van der Waals surface area contributed by atoms with E-state index < -0.39 is 10.1 Å². The van der Waals surface area contributed by atoms with Crippen molar-refractivity contribution in [2.75, 3.05) is 5.75 Å². The van der Waals surface area contributed by atoms with Gasteiger partial charge in [-0.25, -0.2) is 0 Å². The second-order valence-corrected chi connectivity index (χ2v) is 7.66. The summed E-state index contributed by atoms with van der Waals surface area (Å²) in [7, 11) is -3.54. The van der Waals surface area contributed by atoms with E-state index in [1.807, 2.05) is 24.8 Å². The van der Waals surface area contributed by atoms with Crippen LogP contribution in [0.3, 0.4) is 0 Å². The molecule has 0 aliphatic rings. The molecular weight excluding hydrogens is 314 g/mol. The monoisotopic (exact) mass is 341 g/mol. The molecule has 0 spiro atoms. The first-order chi connectivity index (χ1) is 10.8. The Balaban J connectivity index is 2.87. The van der Waals surface area contributed by atoms with Crippen molar-refractivity contribution in [2.45, 2.75) is 59.5 Å². The number of unbranched alkanes of at least 4 members (excludes halogenated alkanes) is 1. The first-order valence-electron chi connectivity index (χ1n) is 8.09. The van der Waals surface area contributed by atoms with Gasteiger partial charge in [0.25, 0.3) is 0 Å². The third kappa shape index (κ3) is 6.60. The molecule has 0 aliphatic heterocycles. The molecule has 6 heteroatoms. The average molecular weight is 341 g/mol. The van der Waals surface area contributed by atoms with Crippen LogP contribution < -0.4 is 4.18 Å². The number of benzene rings is 1. The SMILES string of the molecule is CCCCC(=O)N(Cc1cccc(OS(=O)(=O)CC)c1)C(C)C. The van der Waals surface area contributed by atoms with Crippen LogP contribution in [0.1, 0.15) is 52.5 Å². The van der Waals surface area contributed by atoms with Gasteiger partial charge in [0.15, 0.2) is 0 Å². The highest BCUT2D eigenvalue weighted by molar-refractivity contribution is 7.87. The summed E-state index contributed by atoms with van der Waals surface area (Å²) in [5.41, 5.74) is 0.854. The van der Waals surface area contributed by atoms with Crippen molar-refractivity contribution in [1.29, 1.82) is 0 Å². The summed E-state index contributed by atoms with van der Waals surface area (Å²) >= 11 is 0. The van der Waals surface area contributed by atoms with Gasteiger partial charge in [-0.3, -0.25) is 4.79 Å².